The molecule has 1 fully saturated rings. The Labute approximate surface area is 149 Å². The van der Waals surface area contributed by atoms with E-state index in [1.165, 1.54) is 17.5 Å². The third-order valence-corrected chi connectivity index (χ3v) is 7.16. The van der Waals surface area contributed by atoms with Gasteiger partial charge in [-0.25, -0.2) is 8.42 Å². The number of piperidine rings is 1. The van der Waals surface area contributed by atoms with Crippen molar-refractivity contribution in [2.45, 2.75) is 23.2 Å². The molecular weight excluding hydrogens is 374 g/mol. The first-order chi connectivity index (χ1) is 11.5. The number of methoxy groups -OCH3 is 1. The normalized spacial score (nSPS) is 19.2. The van der Waals surface area contributed by atoms with Gasteiger partial charge in [-0.05, 0) is 25.0 Å². The van der Waals surface area contributed by atoms with Crippen LogP contribution < -0.4 is 9.47 Å². The molecule has 1 aliphatic heterocycles. The van der Waals surface area contributed by atoms with Gasteiger partial charge >= 0.3 is 0 Å². The van der Waals surface area contributed by atoms with Crippen LogP contribution in [-0.4, -0.2) is 49.2 Å². The quantitative estimate of drug-likeness (QED) is 0.781. The van der Waals surface area contributed by atoms with Crippen LogP contribution in [0.5, 0.6) is 11.8 Å². The minimum Gasteiger partial charge on any atom is -0.480 e. The summed E-state index contributed by atoms with van der Waals surface area (Å²) in [6.07, 6.45) is 1.20. The fourth-order valence-corrected chi connectivity index (χ4v) is 5.58. The number of thiophene rings is 1. The van der Waals surface area contributed by atoms with E-state index in [0.29, 0.717) is 29.1 Å². The van der Waals surface area contributed by atoms with Crippen LogP contribution in [0.2, 0.25) is 4.34 Å². The lowest BCUT2D eigenvalue weighted by atomic mass is 10.1. The monoisotopic (exact) mass is 389 g/mol. The van der Waals surface area contributed by atoms with Gasteiger partial charge in [-0.3, -0.25) is 0 Å². The van der Waals surface area contributed by atoms with E-state index in [0.717, 1.165) is 17.8 Å². The third kappa shape index (κ3) is 3.80. The zero-order valence-corrected chi connectivity index (χ0v) is 15.3. The van der Waals surface area contributed by atoms with Gasteiger partial charge in [0.2, 0.25) is 11.8 Å². The maximum Gasteiger partial charge on any atom is 0.252 e. The summed E-state index contributed by atoms with van der Waals surface area (Å²) >= 11 is 6.91. The standard InChI is InChI=1S/C14H16ClN3O4S2/c1-21-12-5-6-13(17-16-12)22-10-3-2-8-18(9-10)24(19,20)14-7-4-11(15)23-14/h4-7,10H,2-3,8-9H2,1H3. The van der Waals surface area contributed by atoms with Gasteiger partial charge in [0.15, 0.2) is 0 Å². The van der Waals surface area contributed by atoms with E-state index in [9.17, 15) is 8.42 Å². The Bertz CT molecular complexity index is 795. The van der Waals surface area contributed by atoms with Gasteiger partial charge in [-0.2, -0.15) is 4.31 Å². The van der Waals surface area contributed by atoms with Crippen LogP contribution in [0.4, 0.5) is 0 Å². The minimum absolute atomic E-state index is 0.248. The molecule has 0 radical (unpaired) electrons. The summed E-state index contributed by atoms with van der Waals surface area (Å²) in [6.45, 7) is 0.734. The number of aromatic nitrogens is 2. The topological polar surface area (TPSA) is 81.6 Å². The molecule has 0 N–H and O–H groups in total. The van der Waals surface area contributed by atoms with Gasteiger partial charge in [-0.15, -0.1) is 21.5 Å². The van der Waals surface area contributed by atoms with Crippen molar-refractivity contribution in [1.29, 1.82) is 0 Å². The molecule has 7 nitrogen and oxygen atoms in total. The summed E-state index contributed by atoms with van der Waals surface area (Å²) < 4.78 is 38.2. The van der Waals surface area contributed by atoms with E-state index in [1.54, 1.807) is 18.2 Å². The van der Waals surface area contributed by atoms with Crippen molar-refractivity contribution >= 4 is 33.0 Å². The molecule has 3 heterocycles. The molecule has 3 rings (SSSR count). The van der Waals surface area contributed by atoms with E-state index in [-0.39, 0.29) is 16.9 Å². The molecule has 0 spiro atoms. The number of halogens is 1. The van der Waals surface area contributed by atoms with Gasteiger partial charge < -0.3 is 9.47 Å². The lowest BCUT2D eigenvalue weighted by molar-refractivity contribution is 0.123. The number of hydrogen-bond acceptors (Lipinski definition) is 7. The maximum atomic E-state index is 12.7. The number of rotatable bonds is 5. The van der Waals surface area contributed by atoms with Crippen LogP contribution in [0.25, 0.3) is 0 Å². The molecule has 0 saturated carbocycles. The van der Waals surface area contributed by atoms with E-state index in [1.807, 2.05) is 0 Å². The molecular formula is C14H16ClN3O4S2. The van der Waals surface area contributed by atoms with Crippen molar-refractivity contribution in [3.63, 3.8) is 0 Å². The average Bonchev–Trinajstić information content (AvgIpc) is 3.03. The fraction of sp³-hybridized carbons (Fsp3) is 0.429. The van der Waals surface area contributed by atoms with Crippen LogP contribution in [0.1, 0.15) is 12.8 Å². The summed E-state index contributed by atoms with van der Waals surface area (Å²) in [7, 11) is -2.04. The molecule has 0 aromatic carbocycles. The van der Waals surface area contributed by atoms with Crippen molar-refractivity contribution in [3.05, 3.63) is 28.6 Å². The van der Waals surface area contributed by atoms with Gasteiger partial charge in [0.1, 0.15) is 10.3 Å². The Hall–Kier alpha value is -1.42. The van der Waals surface area contributed by atoms with E-state index >= 15 is 0 Å². The van der Waals surface area contributed by atoms with Crippen molar-refractivity contribution < 1.29 is 17.9 Å². The largest absolute Gasteiger partial charge is 0.480 e. The van der Waals surface area contributed by atoms with E-state index in [4.69, 9.17) is 21.1 Å². The molecule has 10 heteroatoms. The zero-order chi connectivity index (χ0) is 17.2. The number of sulfonamides is 1. The first-order valence-corrected chi connectivity index (χ1v) is 9.92. The van der Waals surface area contributed by atoms with Crippen LogP contribution in [0.3, 0.4) is 0 Å². The predicted molar refractivity (Wildman–Crippen MR) is 90.3 cm³/mol. The highest BCUT2D eigenvalue weighted by Crippen LogP contribution is 2.30. The molecule has 1 aliphatic rings. The van der Waals surface area contributed by atoms with Gasteiger partial charge in [-0.1, -0.05) is 11.6 Å². The van der Waals surface area contributed by atoms with E-state index in [2.05, 4.69) is 10.2 Å². The van der Waals surface area contributed by atoms with Crippen molar-refractivity contribution in [1.82, 2.24) is 14.5 Å². The Morgan fingerprint density at radius 3 is 2.62 bits per heavy atom. The number of hydrogen-bond donors (Lipinski definition) is 0. The van der Waals surface area contributed by atoms with Gasteiger partial charge in [0.05, 0.1) is 18.0 Å². The SMILES string of the molecule is COc1ccc(OC2CCCN(S(=O)(=O)c3ccc(Cl)s3)C2)nn1. The smallest absolute Gasteiger partial charge is 0.252 e. The third-order valence-electron chi connectivity index (χ3n) is 3.60. The first-order valence-electron chi connectivity index (χ1n) is 7.29. The lowest BCUT2D eigenvalue weighted by Gasteiger charge is -2.31. The average molecular weight is 390 g/mol. The Morgan fingerprint density at radius 2 is 2.00 bits per heavy atom. The first kappa shape index (κ1) is 17.4. The molecule has 130 valence electrons. The highest BCUT2D eigenvalue weighted by molar-refractivity contribution is 7.91. The molecule has 2 aromatic heterocycles. The van der Waals surface area contributed by atoms with Crippen molar-refractivity contribution in [3.8, 4) is 11.8 Å². The Balaban J connectivity index is 1.69. The molecule has 24 heavy (non-hydrogen) atoms. The molecule has 0 aliphatic carbocycles. The Morgan fingerprint density at radius 1 is 1.25 bits per heavy atom. The highest BCUT2D eigenvalue weighted by Gasteiger charge is 2.32. The van der Waals surface area contributed by atoms with Gasteiger partial charge in [0, 0.05) is 18.7 Å². The summed E-state index contributed by atoms with van der Waals surface area (Å²) in [5.74, 6) is 0.740. The molecule has 1 unspecified atom stereocenters. The lowest BCUT2D eigenvalue weighted by Crippen LogP contribution is -2.44. The van der Waals surface area contributed by atoms with Crippen LogP contribution in [0, 0.1) is 0 Å². The van der Waals surface area contributed by atoms with Crippen LogP contribution in [0.15, 0.2) is 28.5 Å². The van der Waals surface area contributed by atoms with Crippen molar-refractivity contribution in [2.75, 3.05) is 20.2 Å². The predicted octanol–water partition coefficient (Wildman–Crippen LogP) is 2.43. The molecule has 2 aromatic rings. The maximum absolute atomic E-state index is 12.7. The molecule has 0 bridgehead atoms. The molecule has 1 atom stereocenters. The summed E-state index contributed by atoms with van der Waals surface area (Å²) in [6, 6.07) is 6.41. The zero-order valence-electron chi connectivity index (χ0n) is 12.9. The van der Waals surface area contributed by atoms with Gasteiger partial charge in [0.25, 0.3) is 10.0 Å². The summed E-state index contributed by atoms with van der Waals surface area (Å²) in [4.78, 5) is 0. The molecule has 0 amide bonds. The second-order valence-corrected chi connectivity index (χ2v) is 9.10. The Kier molecular flexibility index (Phi) is 5.24. The fourth-order valence-electron chi connectivity index (χ4n) is 2.43. The minimum atomic E-state index is -3.55. The summed E-state index contributed by atoms with van der Waals surface area (Å²) in [5, 5.41) is 7.75. The van der Waals surface area contributed by atoms with Crippen LogP contribution >= 0.6 is 22.9 Å². The van der Waals surface area contributed by atoms with E-state index < -0.39 is 10.0 Å². The van der Waals surface area contributed by atoms with Crippen molar-refractivity contribution in [2.24, 2.45) is 0 Å². The number of ether oxygens (including phenoxy) is 2. The highest BCUT2D eigenvalue weighted by atomic mass is 35.5. The number of nitrogens with zero attached hydrogens (tertiary/aromatic N) is 3. The second kappa shape index (κ2) is 7.22. The van der Waals surface area contributed by atoms with Crippen LogP contribution in [-0.2, 0) is 10.0 Å². The molecule has 1 saturated heterocycles. The second-order valence-electron chi connectivity index (χ2n) is 5.22. The summed E-state index contributed by atoms with van der Waals surface area (Å²) in [5.41, 5.74) is 0.